The van der Waals surface area contributed by atoms with Gasteiger partial charge in [0.1, 0.15) is 11.9 Å². The van der Waals surface area contributed by atoms with Crippen LogP contribution in [0, 0.1) is 0 Å². The Morgan fingerprint density at radius 3 is 3.19 bits per heavy atom. The summed E-state index contributed by atoms with van der Waals surface area (Å²) in [5, 5.41) is 0. The van der Waals surface area contributed by atoms with Crippen molar-refractivity contribution in [3.8, 4) is 5.75 Å². The van der Waals surface area contributed by atoms with E-state index in [0.29, 0.717) is 13.2 Å². The Morgan fingerprint density at radius 2 is 2.38 bits per heavy atom. The fourth-order valence-corrected chi connectivity index (χ4v) is 2.27. The highest BCUT2D eigenvalue weighted by Gasteiger charge is 2.41. The normalized spacial score (nSPS) is 27.2. The van der Waals surface area contributed by atoms with E-state index in [0.717, 1.165) is 16.8 Å². The molecule has 0 radical (unpaired) electrons. The van der Waals surface area contributed by atoms with Gasteiger partial charge in [-0.05, 0) is 18.6 Å². The largest absolute Gasteiger partial charge is 0.498 e. The van der Waals surface area contributed by atoms with E-state index in [1.54, 1.807) is 0 Å². The van der Waals surface area contributed by atoms with Crippen LogP contribution in [0.25, 0.3) is 0 Å². The molecule has 1 aromatic carbocycles. The Kier molecular flexibility index (Phi) is 2.39. The molecule has 2 unspecified atom stereocenters. The van der Waals surface area contributed by atoms with E-state index < -0.39 is 0 Å². The molecule has 0 fully saturated rings. The van der Waals surface area contributed by atoms with Crippen LogP contribution < -0.4 is 15.9 Å². The van der Waals surface area contributed by atoms with Crippen LogP contribution in [-0.4, -0.2) is 26.4 Å². The highest BCUT2D eigenvalue weighted by Crippen LogP contribution is 2.30. The van der Waals surface area contributed by atoms with Crippen LogP contribution in [0.5, 0.6) is 5.75 Å². The van der Waals surface area contributed by atoms with Gasteiger partial charge in [-0.3, -0.25) is 0 Å². The first-order valence-electron chi connectivity index (χ1n) is 5.56. The molecule has 16 heavy (non-hydrogen) atoms. The van der Waals surface area contributed by atoms with Gasteiger partial charge in [-0.2, -0.15) is 0 Å². The molecule has 2 heterocycles. The van der Waals surface area contributed by atoms with Gasteiger partial charge >= 0.3 is 7.12 Å². The second kappa shape index (κ2) is 3.77. The average molecular weight is 219 g/mol. The predicted octanol–water partition coefficient (Wildman–Crippen LogP) is 0.209. The second-order valence-electron chi connectivity index (χ2n) is 4.21. The first-order valence-corrected chi connectivity index (χ1v) is 5.56. The van der Waals surface area contributed by atoms with Crippen molar-refractivity contribution in [2.45, 2.75) is 19.1 Å². The summed E-state index contributed by atoms with van der Waals surface area (Å²) in [6.45, 7) is 2.99. The molecule has 2 aliphatic heterocycles. The average Bonchev–Trinajstić information content (AvgIpc) is 2.57. The van der Waals surface area contributed by atoms with Crippen LogP contribution in [-0.2, 0) is 9.31 Å². The number of nitrogens with two attached hydrogens (primary N) is 1. The first-order chi connectivity index (χ1) is 7.79. The Balaban J connectivity index is 2.09. The number of hydrogen-bond donors (Lipinski definition) is 1. The van der Waals surface area contributed by atoms with Crippen molar-refractivity contribution in [3.05, 3.63) is 23.8 Å². The highest BCUT2D eigenvalue weighted by molar-refractivity contribution is 6.64. The lowest BCUT2D eigenvalue weighted by Gasteiger charge is -2.15. The van der Waals surface area contributed by atoms with Gasteiger partial charge in [0.15, 0.2) is 0 Å². The van der Waals surface area contributed by atoms with Crippen LogP contribution in [0.1, 0.15) is 18.6 Å². The van der Waals surface area contributed by atoms with Gasteiger partial charge in [0.25, 0.3) is 0 Å². The van der Waals surface area contributed by atoms with Crippen LogP contribution in [0.3, 0.4) is 0 Å². The van der Waals surface area contributed by atoms with Crippen molar-refractivity contribution in [1.29, 1.82) is 0 Å². The Morgan fingerprint density at radius 1 is 1.50 bits per heavy atom. The molecule has 4 nitrogen and oxygen atoms in total. The Bertz CT molecular complexity index is 412. The van der Waals surface area contributed by atoms with Crippen LogP contribution in [0.2, 0.25) is 0 Å². The quantitative estimate of drug-likeness (QED) is 0.686. The molecule has 0 aliphatic carbocycles. The summed E-state index contributed by atoms with van der Waals surface area (Å²) in [5.74, 6) is 0.864. The first kappa shape index (κ1) is 10.1. The minimum Gasteiger partial charge on any atom is -0.489 e. The summed E-state index contributed by atoms with van der Waals surface area (Å²) in [6.07, 6.45) is -0.0195. The molecule has 3 rings (SSSR count). The van der Waals surface area contributed by atoms with Crippen LogP contribution in [0.4, 0.5) is 0 Å². The van der Waals surface area contributed by atoms with Crippen molar-refractivity contribution < 1.29 is 14.0 Å². The second-order valence-corrected chi connectivity index (χ2v) is 4.21. The molecule has 1 aromatic rings. The summed E-state index contributed by atoms with van der Waals surface area (Å²) in [4.78, 5) is 0. The summed E-state index contributed by atoms with van der Waals surface area (Å²) < 4.78 is 17.2. The predicted molar refractivity (Wildman–Crippen MR) is 60.8 cm³/mol. The van der Waals surface area contributed by atoms with Gasteiger partial charge in [0.05, 0.1) is 12.7 Å². The summed E-state index contributed by atoms with van der Waals surface area (Å²) in [6, 6.07) is 5.96. The SMILES string of the molecule is CC1COB2OC(CN)c3cccc(c32)O1. The number of ether oxygens (including phenoxy) is 1. The summed E-state index contributed by atoms with van der Waals surface area (Å²) in [7, 11) is -0.315. The molecular formula is C11H14BNO3. The zero-order valence-electron chi connectivity index (χ0n) is 9.18. The molecule has 2 atom stereocenters. The minimum absolute atomic E-state index is 0.0528. The third-order valence-electron chi connectivity index (χ3n) is 2.99. The highest BCUT2D eigenvalue weighted by atomic mass is 16.6. The number of benzene rings is 1. The van der Waals surface area contributed by atoms with E-state index in [-0.39, 0.29) is 19.3 Å². The third-order valence-corrected chi connectivity index (χ3v) is 2.99. The van der Waals surface area contributed by atoms with Crippen LogP contribution in [0.15, 0.2) is 18.2 Å². The van der Waals surface area contributed by atoms with Crippen molar-refractivity contribution in [2.24, 2.45) is 5.73 Å². The molecule has 0 aromatic heterocycles. The number of hydrogen-bond acceptors (Lipinski definition) is 4. The maximum Gasteiger partial charge on any atom is 0.498 e. The topological polar surface area (TPSA) is 53.7 Å². The lowest BCUT2D eigenvalue weighted by molar-refractivity contribution is 0.113. The fraction of sp³-hybridized carbons (Fsp3) is 0.455. The van der Waals surface area contributed by atoms with E-state index in [2.05, 4.69) is 0 Å². The lowest BCUT2D eigenvalue weighted by Crippen LogP contribution is -2.31. The van der Waals surface area contributed by atoms with Gasteiger partial charge in [-0.1, -0.05) is 12.1 Å². The molecular weight excluding hydrogens is 205 g/mol. The van der Waals surface area contributed by atoms with Crippen molar-refractivity contribution >= 4 is 12.6 Å². The van der Waals surface area contributed by atoms with Crippen molar-refractivity contribution in [2.75, 3.05) is 13.2 Å². The minimum atomic E-state index is -0.315. The fourth-order valence-electron chi connectivity index (χ4n) is 2.27. The zero-order chi connectivity index (χ0) is 11.1. The molecule has 2 N–H and O–H groups in total. The molecule has 0 bridgehead atoms. The standard InChI is InChI=1S/C11H14BNO3/c1-7-6-14-12-11-8(10(5-13)16-12)3-2-4-9(11)15-7/h2-4,7,10H,5-6,13H2,1H3. The summed E-state index contributed by atoms with van der Waals surface area (Å²) >= 11 is 0. The number of rotatable bonds is 1. The van der Waals surface area contributed by atoms with E-state index in [4.69, 9.17) is 19.8 Å². The molecule has 5 heteroatoms. The molecule has 0 saturated carbocycles. The van der Waals surface area contributed by atoms with E-state index in [1.165, 1.54) is 0 Å². The lowest BCUT2D eigenvalue weighted by atomic mass is 9.78. The molecule has 0 saturated heterocycles. The van der Waals surface area contributed by atoms with E-state index in [1.807, 2.05) is 25.1 Å². The Hall–Kier alpha value is -1.04. The van der Waals surface area contributed by atoms with Gasteiger partial charge in [0.2, 0.25) is 0 Å². The zero-order valence-corrected chi connectivity index (χ0v) is 9.18. The third kappa shape index (κ3) is 1.43. The van der Waals surface area contributed by atoms with Gasteiger partial charge in [-0.15, -0.1) is 0 Å². The van der Waals surface area contributed by atoms with Gasteiger partial charge in [-0.25, -0.2) is 0 Å². The van der Waals surface area contributed by atoms with Crippen molar-refractivity contribution in [3.63, 3.8) is 0 Å². The molecule has 84 valence electrons. The van der Waals surface area contributed by atoms with Gasteiger partial charge < -0.3 is 19.8 Å². The smallest absolute Gasteiger partial charge is 0.489 e. The van der Waals surface area contributed by atoms with Crippen molar-refractivity contribution in [1.82, 2.24) is 0 Å². The molecule has 2 aliphatic rings. The van der Waals surface area contributed by atoms with E-state index >= 15 is 0 Å². The van der Waals surface area contributed by atoms with Crippen LogP contribution >= 0.6 is 0 Å². The monoisotopic (exact) mass is 219 g/mol. The maximum absolute atomic E-state index is 5.80. The maximum atomic E-state index is 5.80. The Labute approximate surface area is 94.8 Å². The molecule has 0 spiro atoms. The van der Waals surface area contributed by atoms with E-state index in [9.17, 15) is 0 Å². The van der Waals surface area contributed by atoms with Gasteiger partial charge in [0, 0.05) is 12.0 Å². The summed E-state index contributed by atoms with van der Waals surface area (Å²) in [5.41, 5.74) is 7.79. The molecule has 0 amide bonds.